The van der Waals surface area contributed by atoms with Gasteiger partial charge in [0.15, 0.2) is 0 Å². The van der Waals surface area contributed by atoms with Crippen LogP contribution in [0.2, 0.25) is 0 Å². The molecule has 7 nitrogen and oxygen atoms in total. The number of hydrogen-bond donors (Lipinski definition) is 0. The van der Waals surface area contributed by atoms with Gasteiger partial charge in [-0.05, 0) is 18.9 Å². The number of likely N-dealkylation sites (N-methyl/N-ethyl adjacent to an activating group) is 1. The molecule has 25 heavy (non-hydrogen) atoms. The molecule has 7 heteroatoms. The fraction of sp³-hybridized carbons (Fsp3) is 0.500. The number of carbonyl (C=O) groups excluding carboxylic acids is 1. The van der Waals surface area contributed by atoms with E-state index in [-0.39, 0.29) is 5.91 Å². The van der Waals surface area contributed by atoms with Gasteiger partial charge in [-0.1, -0.05) is 6.07 Å². The van der Waals surface area contributed by atoms with Crippen LogP contribution >= 0.6 is 0 Å². The number of piperidine rings is 1. The number of likely N-dealkylation sites (tertiary alicyclic amines) is 1. The fourth-order valence-corrected chi connectivity index (χ4v) is 3.56. The van der Waals surface area contributed by atoms with Gasteiger partial charge in [0.2, 0.25) is 11.8 Å². The topological polar surface area (TPSA) is 63.5 Å². The van der Waals surface area contributed by atoms with E-state index in [0.29, 0.717) is 5.88 Å². The van der Waals surface area contributed by atoms with Gasteiger partial charge in [0.05, 0.1) is 13.4 Å². The number of ether oxygens (including phenoxy) is 1. The van der Waals surface area contributed by atoms with Crippen LogP contribution in [0, 0.1) is 0 Å². The molecule has 0 aromatic carbocycles. The molecule has 0 aliphatic carbocycles. The molecule has 1 aliphatic rings. The Morgan fingerprint density at radius 1 is 1.32 bits per heavy atom. The first-order valence-corrected chi connectivity index (χ1v) is 8.47. The fourth-order valence-electron chi connectivity index (χ4n) is 3.56. The summed E-state index contributed by atoms with van der Waals surface area (Å²) < 4.78 is 7.32. The smallest absolute Gasteiger partial charge is 0.248 e. The van der Waals surface area contributed by atoms with Crippen LogP contribution < -0.4 is 4.74 Å². The van der Waals surface area contributed by atoms with Gasteiger partial charge >= 0.3 is 0 Å². The Balaban J connectivity index is 1.75. The molecule has 2 aromatic rings. The van der Waals surface area contributed by atoms with E-state index in [1.54, 1.807) is 30.7 Å². The molecule has 2 aromatic heterocycles. The van der Waals surface area contributed by atoms with Gasteiger partial charge in [-0.3, -0.25) is 9.69 Å². The van der Waals surface area contributed by atoms with E-state index in [1.807, 2.05) is 37.0 Å². The summed E-state index contributed by atoms with van der Waals surface area (Å²) in [5, 5.41) is 0. The zero-order valence-corrected chi connectivity index (χ0v) is 15.1. The Labute approximate surface area is 148 Å². The van der Waals surface area contributed by atoms with Crippen molar-refractivity contribution in [2.45, 2.75) is 24.9 Å². The minimum atomic E-state index is -0.546. The van der Waals surface area contributed by atoms with Crippen LogP contribution in [0.3, 0.4) is 0 Å². The van der Waals surface area contributed by atoms with E-state index in [2.05, 4.69) is 14.9 Å². The number of imidazole rings is 1. The van der Waals surface area contributed by atoms with Crippen molar-refractivity contribution in [2.75, 3.05) is 34.3 Å². The molecule has 1 aliphatic heterocycles. The number of carbonyl (C=O) groups is 1. The number of methoxy groups -OCH3 is 1. The lowest BCUT2D eigenvalue weighted by molar-refractivity contribution is -0.141. The minimum absolute atomic E-state index is 0.129. The largest absolute Gasteiger partial charge is 0.481 e. The summed E-state index contributed by atoms with van der Waals surface area (Å²) in [5.41, 5.74) is 0.522. The average Bonchev–Trinajstić information content (AvgIpc) is 3.17. The van der Waals surface area contributed by atoms with Crippen LogP contribution in [0.5, 0.6) is 5.88 Å². The molecule has 1 fully saturated rings. The van der Waals surface area contributed by atoms with Crippen molar-refractivity contribution in [3.63, 3.8) is 0 Å². The zero-order chi connectivity index (χ0) is 17.9. The first kappa shape index (κ1) is 17.4. The first-order valence-electron chi connectivity index (χ1n) is 8.47. The molecular formula is C18H25N5O2. The lowest BCUT2D eigenvalue weighted by atomic mass is 9.85. The van der Waals surface area contributed by atoms with E-state index in [1.165, 1.54) is 0 Å². The number of pyridine rings is 1. The average molecular weight is 343 g/mol. The van der Waals surface area contributed by atoms with Crippen molar-refractivity contribution < 1.29 is 9.53 Å². The van der Waals surface area contributed by atoms with E-state index in [9.17, 15) is 4.79 Å². The maximum atomic E-state index is 12.9. The summed E-state index contributed by atoms with van der Waals surface area (Å²) in [6.45, 7) is 2.43. The quantitative estimate of drug-likeness (QED) is 0.820. The highest BCUT2D eigenvalue weighted by Gasteiger charge is 2.43. The molecule has 0 radical (unpaired) electrons. The summed E-state index contributed by atoms with van der Waals surface area (Å²) in [4.78, 5) is 25.3. The van der Waals surface area contributed by atoms with Crippen LogP contribution in [0.4, 0.5) is 0 Å². The molecule has 0 bridgehead atoms. The van der Waals surface area contributed by atoms with Gasteiger partial charge in [-0.2, -0.15) is 0 Å². The van der Waals surface area contributed by atoms with Crippen molar-refractivity contribution in [3.05, 3.63) is 42.6 Å². The van der Waals surface area contributed by atoms with Gasteiger partial charge < -0.3 is 14.2 Å². The summed E-state index contributed by atoms with van der Waals surface area (Å²) in [6, 6.07) is 3.96. The van der Waals surface area contributed by atoms with Gasteiger partial charge in [0, 0.05) is 57.9 Å². The van der Waals surface area contributed by atoms with Crippen LogP contribution in [-0.2, 0) is 16.9 Å². The highest BCUT2D eigenvalue weighted by atomic mass is 16.5. The molecule has 0 unspecified atom stereocenters. The number of aromatic nitrogens is 3. The van der Waals surface area contributed by atoms with E-state index in [0.717, 1.165) is 38.0 Å². The molecule has 0 saturated carbocycles. The number of hydrogen-bond acceptors (Lipinski definition) is 5. The Kier molecular flexibility index (Phi) is 5.03. The third-order valence-corrected chi connectivity index (χ3v) is 4.92. The van der Waals surface area contributed by atoms with Gasteiger partial charge in [-0.25, -0.2) is 9.97 Å². The predicted molar refractivity (Wildman–Crippen MR) is 94.2 cm³/mol. The number of amides is 1. The Morgan fingerprint density at radius 3 is 2.68 bits per heavy atom. The van der Waals surface area contributed by atoms with Gasteiger partial charge in [-0.15, -0.1) is 0 Å². The van der Waals surface area contributed by atoms with Crippen LogP contribution in [-0.4, -0.2) is 64.5 Å². The van der Waals surface area contributed by atoms with Crippen molar-refractivity contribution >= 4 is 5.91 Å². The van der Waals surface area contributed by atoms with E-state index < -0.39 is 5.54 Å². The lowest BCUT2D eigenvalue weighted by Crippen LogP contribution is -2.54. The lowest BCUT2D eigenvalue weighted by Gasteiger charge is -2.42. The molecule has 0 N–H and O–H groups in total. The summed E-state index contributed by atoms with van der Waals surface area (Å²) in [5.74, 6) is 0.794. The third kappa shape index (κ3) is 3.37. The van der Waals surface area contributed by atoms with Gasteiger partial charge in [0.1, 0.15) is 5.54 Å². The maximum absolute atomic E-state index is 12.9. The minimum Gasteiger partial charge on any atom is -0.481 e. The summed E-state index contributed by atoms with van der Waals surface area (Å²) >= 11 is 0. The predicted octanol–water partition coefficient (Wildman–Crippen LogP) is 1.37. The Bertz CT molecular complexity index is 706. The molecule has 1 saturated heterocycles. The maximum Gasteiger partial charge on any atom is 0.248 e. The van der Waals surface area contributed by atoms with Crippen molar-refractivity contribution in [3.8, 4) is 5.88 Å². The normalized spacial score (nSPS) is 17.2. The molecule has 3 heterocycles. The van der Waals surface area contributed by atoms with Crippen molar-refractivity contribution in [2.24, 2.45) is 0 Å². The van der Waals surface area contributed by atoms with Crippen molar-refractivity contribution in [1.29, 1.82) is 0 Å². The van der Waals surface area contributed by atoms with E-state index in [4.69, 9.17) is 4.74 Å². The molecule has 0 atom stereocenters. The third-order valence-electron chi connectivity index (χ3n) is 4.92. The molecule has 134 valence electrons. The molecule has 3 rings (SSSR count). The van der Waals surface area contributed by atoms with Crippen LogP contribution in [0.25, 0.3) is 0 Å². The summed E-state index contributed by atoms with van der Waals surface area (Å²) in [7, 11) is 5.27. The Morgan fingerprint density at radius 2 is 2.08 bits per heavy atom. The first-order chi connectivity index (χ1) is 12.1. The number of rotatable bonds is 5. The van der Waals surface area contributed by atoms with E-state index >= 15 is 0 Å². The monoisotopic (exact) mass is 343 g/mol. The molecule has 1 amide bonds. The molecular weight excluding hydrogens is 318 g/mol. The second-order valence-electron chi connectivity index (χ2n) is 6.65. The SMILES string of the molecule is COc1ncccc1CN1CCC(C(=O)N(C)C)(n2ccnc2)CC1. The zero-order valence-electron chi connectivity index (χ0n) is 15.1. The summed E-state index contributed by atoms with van der Waals surface area (Å²) in [6.07, 6.45) is 8.62. The second kappa shape index (κ2) is 7.23. The highest BCUT2D eigenvalue weighted by molar-refractivity contribution is 5.84. The second-order valence-corrected chi connectivity index (χ2v) is 6.65. The van der Waals surface area contributed by atoms with Crippen LogP contribution in [0.15, 0.2) is 37.1 Å². The van der Waals surface area contributed by atoms with Gasteiger partial charge in [0.25, 0.3) is 0 Å². The Hall–Kier alpha value is -2.41. The standard InChI is InChI=1S/C18H25N5O2/c1-21(2)17(24)18(23-12-9-19-14-23)6-10-22(11-7-18)13-15-5-4-8-20-16(15)25-3/h4-5,8-9,12,14H,6-7,10-11,13H2,1-3H3. The van der Waals surface area contributed by atoms with Crippen molar-refractivity contribution in [1.82, 2.24) is 24.3 Å². The van der Waals surface area contributed by atoms with Crippen LogP contribution in [0.1, 0.15) is 18.4 Å². The number of nitrogens with zero attached hydrogens (tertiary/aromatic N) is 5. The molecule has 0 spiro atoms. The highest BCUT2D eigenvalue weighted by Crippen LogP contribution is 2.33.